The van der Waals surface area contributed by atoms with Crippen molar-refractivity contribution < 1.29 is 14.6 Å². The molecule has 0 saturated carbocycles. The van der Waals surface area contributed by atoms with Gasteiger partial charge in [-0.25, -0.2) is 9.78 Å². The van der Waals surface area contributed by atoms with E-state index in [0.717, 1.165) is 32.6 Å². The summed E-state index contributed by atoms with van der Waals surface area (Å²) in [5.74, 6) is 0.221. The smallest absolute Gasteiger partial charge is 0.337 e. The summed E-state index contributed by atoms with van der Waals surface area (Å²) in [6.07, 6.45) is 3.42. The van der Waals surface area contributed by atoms with E-state index in [4.69, 9.17) is 21.4 Å². The average molecular weight is 283 g/mol. The molecule has 2 unspecified atom stereocenters. The quantitative estimate of drug-likeness (QED) is 0.899. The van der Waals surface area contributed by atoms with Gasteiger partial charge in [0.05, 0.1) is 17.2 Å². The minimum Gasteiger partial charge on any atom is -0.478 e. The van der Waals surface area contributed by atoms with Gasteiger partial charge in [-0.2, -0.15) is 0 Å². The van der Waals surface area contributed by atoms with E-state index in [2.05, 4.69) is 9.88 Å². The maximum atomic E-state index is 10.9. The highest BCUT2D eigenvalue weighted by molar-refractivity contribution is 6.33. The number of hydrogen-bond donors (Lipinski definition) is 1. The van der Waals surface area contributed by atoms with Crippen LogP contribution in [0.2, 0.25) is 5.02 Å². The van der Waals surface area contributed by atoms with Crippen LogP contribution in [0, 0.1) is 5.92 Å². The summed E-state index contributed by atoms with van der Waals surface area (Å²) < 4.78 is 5.49. The van der Waals surface area contributed by atoms with Gasteiger partial charge in [0.2, 0.25) is 0 Å². The molecular formula is C13H15ClN2O3. The van der Waals surface area contributed by atoms with Gasteiger partial charge in [-0.1, -0.05) is 11.6 Å². The van der Waals surface area contributed by atoms with Gasteiger partial charge in [0, 0.05) is 31.3 Å². The van der Waals surface area contributed by atoms with Gasteiger partial charge < -0.3 is 14.7 Å². The summed E-state index contributed by atoms with van der Waals surface area (Å²) in [7, 11) is 0. The minimum absolute atomic E-state index is 0.122. The Balaban J connectivity index is 1.88. The van der Waals surface area contributed by atoms with Crippen molar-refractivity contribution in [2.75, 3.05) is 24.7 Å². The van der Waals surface area contributed by atoms with Crippen molar-refractivity contribution in [3.63, 3.8) is 0 Å². The fraction of sp³-hybridized carbons (Fsp3) is 0.538. The molecular weight excluding hydrogens is 268 g/mol. The lowest BCUT2D eigenvalue weighted by molar-refractivity contribution is 0.0516. The van der Waals surface area contributed by atoms with Crippen LogP contribution < -0.4 is 4.90 Å². The first-order chi connectivity index (χ1) is 9.16. The molecule has 2 aliphatic rings. The topological polar surface area (TPSA) is 62.7 Å². The second-order valence-corrected chi connectivity index (χ2v) is 5.41. The number of halogens is 1. The minimum atomic E-state index is -1.01. The molecule has 2 atom stereocenters. The normalized spacial score (nSPS) is 26.3. The van der Waals surface area contributed by atoms with Crippen molar-refractivity contribution in [2.45, 2.75) is 18.9 Å². The van der Waals surface area contributed by atoms with Gasteiger partial charge in [0.25, 0.3) is 0 Å². The molecule has 6 heteroatoms. The summed E-state index contributed by atoms with van der Waals surface area (Å²) in [5.41, 5.74) is 0.122. The summed E-state index contributed by atoms with van der Waals surface area (Å²) in [4.78, 5) is 17.3. The van der Waals surface area contributed by atoms with Gasteiger partial charge >= 0.3 is 5.97 Å². The lowest BCUT2D eigenvalue weighted by Crippen LogP contribution is -2.39. The molecule has 5 nitrogen and oxygen atoms in total. The summed E-state index contributed by atoms with van der Waals surface area (Å²) in [6, 6.07) is 1.88. The Kier molecular flexibility index (Phi) is 3.33. The van der Waals surface area contributed by atoms with Crippen molar-refractivity contribution >= 4 is 23.4 Å². The lowest BCUT2D eigenvalue weighted by atomic mass is 9.97. The van der Waals surface area contributed by atoms with E-state index in [-0.39, 0.29) is 5.56 Å². The average Bonchev–Trinajstić information content (AvgIpc) is 2.82. The van der Waals surface area contributed by atoms with E-state index < -0.39 is 5.97 Å². The fourth-order valence-corrected chi connectivity index (χ4v) is 3.24. The predicted molar refractivity (Wildman–Crippen MR) is 70.9 cm³/mol. The van der Waals surface area contributed by atoms with Crippen LogP contribution in [0.3, 0.4) is 0 Å². The second kappa shape index (κ2) is 4.98. The number of hydrogen-bond acceptors (Lipinski definition) is 4. The molecule has 2 saturated heterocycles. The molecule has 1 aromatic rings. The van der Waals surface area contributed by atoms with E-state index in [1.165, 1.54) is 12.3 Å². The van der Waals surface area contributed by atoms with E-state index in [1.54, 1.807) is 0 Å². The molecule has 0 amide bonds. The highest BCUT2D eigenvalue weighted by Gasteiger charge is 2.37. The zero-order valence-electron chi connectivity index (χ0n) is 10.4. The van der Waals surface area contributed by atoms with Crippen LogP contribution in [0.1, 0.15) is 23.2 Å². The summed E-state index contributed by atoms with van der Waals surface area (Å²) in [5, 5.41) is 9.33. The number of carboxylic acids is 1. The highest BCUT2D eigenvalue weighted by Crippen LogP contribution is 2.36. The molecule has 0 aliphatic carbocycles. The van der Waals surface area contributed by atoms with Crippen molar-refractivity contribution in [3.05, 3.63) is 22.8 Å². The van der Waals surface area contributed by atoms with Crippen LogP contribution in [-0.4, -0.2) is 41.9 Å². The second-order valence-electron chi connectivity index (χ2n) is 5.01. The zero-order chi connectivity index (χ0) is 13.4. The molecule has 19 heavy (non-hydrogen) atoms. The fourth-order valence-electron chi connectivity index (χ4n) is 2.96. The third kappa shape index (κ3) is 2.28. The third-order valence-corrected chi connectivity index (χ3v) is 4.19. The van der Waals surface area contributed by atoms with Gasteiger partial charge in [-0.05, 0) is 18.9 Å². The molecule has 0 bridgehead atoms. The van der Waals surface area contributed by atoms with Crippen molar-refractivity contribution in [1.29, 1.82) is 0 Å². The number of ether oxygens (including phenoxy) is 1. The van der Waals surface area contributed by atoms with Gasteiger partial charge in [-0.15, -0.1) is 0 Å². The molecule has 0 spiro atoms. The number of nitrogens with zero attached hydrogens (tertiary/aromatic N) is 2. The first kappa shape index (κ1) is 12.7. The van der Waals surface area contributed by atoms with Gasteiger partial charge in [0.1, 0.15) is 5.82 Å². The van der Waals surface area contributed by atoms with Crippen LogP contribution in [0.15, 0.2) is 12.3 Å². The highest BCUT2D eigenvalue weighted by atomic mass is 35.5. The molecule has 0 aromatic carbocycles. The number of anilines is 1. The lowest BCUT2D eigenvalue weighted by Gasteiger charge is -2.32. The standard InChI is InChI=1S/C13H15ClN2O3/c14-10-5-9(13(17)18)6-15-12(10)16-3-1-8-7-19-4-2-11(8)16/h5-6,8,11H,1-4,7H2,(H,17,18). The Labute approximate surface area is 116 Å². The van der Waals surface area contributed by atoms with Crippen LogP contribution in [-0.2, 0) is 4.74 Å². The van der Waals surface area contributed by atoms with E-state index in [1.807, 2.05) is 0 Å². The Bertz CT molecular complexity index is 509. The predicted octanol–water partition coefficient (Wildman–Crippen LogP) is 2.05. The van der Waals surface area contributed by atoms with Gasteiger partial charge in [0.15, 0.2) is 0 Å². The van der Waals surface area contributed by atoms with E-state index in [0.29, 0.717) is 22.8 Å². The summed E-state index contributed by atoms with van der Waals surface area (Å²) in [6.45, 7) is 2.46. The molecule has 2 aliphatic heterocycles. The first-order valence-electron chi connectivity index (χ1n) is 6.40. The van der Waals surface area contributed by atoms with Crippen molar-refractivity contribution in [3.8, 4) is 0 Å². The van der Waals surface area contributed by atoms with Gasteiger partial charge in [-0.3, -0.25) is 0 Å². The molecule has 3 heterocycles. The van der Waals surface area contributed by atoms with Crippen LogP contribution in [0.5, 0.6) is 0 Å². The van der Waals surface area contributed by atoms with Crippen molar-refractivity contribution in [1.82, 2.24) is 4.98 Å². The number of fused-ring (bicyclic) bond motifs is 1. The number of rotatable bonds is 2. The van der Waals surface area contributed by atoms with E-state index in [9.17, 15) is 4.79 Å². The molecule has 2 fully saturated rings. The number of pyridine rings is 1. The Hall–Kier alpha value is -1.33. The molecule has 1 aromatic heterocycles. The van der Waals surface area contributed by atoms with Crippen LogP contribution >= 0.6 is 11.6 Å². The van der Waals surface area contributed by atoms with Crippen LogP contribution in [0.4, 0.5) is 5.82 Å². The maximum Gasteiger partial charge on any atom is 0.337 e. The largest absolute Gasteiger partial charge is 0.478 e. The monoisotopic (exact) mass is 282 g/mol. The first-order valence-corrected chi connectivity index (χ1v) is 6.78. The SMILES string of the molecule is O=C(O)c1cnc(N2CCC3COCCC32)c(Cl)c1. The molecule has 0 radical (unpaired) electrons. The van der Waals surface area contributed by atoms with Crippen molar-refractivity contribution in [2.24, 2.45) is 5.92 Å². The third-order valence-electron chi connectivity index (χ3n) is 3.92. The number of carbonyl (C=O) groups is 1. The number of carboxylic acid groups (broad SMARTS) is 1. The van der Waals surface area contributed by atoms with Crippen LogP contribution in [0.25, 0.3) is 0 Å². The molecule has 102 valence electrons. The molecule has 3 rings (SSSR count). The Morgan fingerprint density at radius 2 is 2.37 bits per heavy atom. The van der Waals surface area contributed by atoms with E-state index >= 15 is 0 Å². The number of aromatic nitrogens is 1. The molecule has 1 N–H and O–H groups in total. The Morgan fingerprint density at radius 3 is 3.11 bits per heavy atom. The number of aromatic carboxylic acids is 1. The maximum absolute atomic E-state index is 10.9. The summed E-state index contributed by atoms with van der Waals surface area (Å²) >= 11 is 6.19. The zero-order valence-corrected chi connectivity index (χ0v) is 11.1. The Morgan fingerprint density at radius 1 is 1.53 bits per heavy atom.